The van der Waals surface area contributed by atoms with Gasteiger partial charge in [0.2, 0.25) is 10.0 Å². The number of carbonyl (C=O) groups is 1. The molecule has 1 rings (SSSR count). The largest absolute Gasteiger partial charge is 0.478 e. The van der Waals surface area contributed by atoms with E-state index in [0.717, 1.165) is 10.4 Å². The Balaban J connectivity index is 3.20. The lowest BCUT2D eigenvalue weighted by molar-refractivity contribution is 0.0697. The highest BCUT2D eigenvalue weighted by Gasteiger charge is 2.24. The lowest BCUT2D eigenvalue weighted by Crippen LogP contribution is -2.30. The molecule has 0 aliphatic carbocycles. The molecule has 0 saturated heterocycles. The van der Waals surface area contributed by atoms with Crippen LogP contribution in [-0.4, -0.2) is 37.4 Å². The number of halogens is 1. The quantitative estimate of drug-likeness (QED) is 0.893. The van der Waals surface area contributed by atoms with Crippen LogP contribution in [0.2, 0.25) is 5.02 Å². The van der Waals surface area contributed by atoms with Crippen LogP contribution in [0.25, 0.3) is 0 Å². The molecule has 0 fully saturated rings. The molecule has 0 amide bonds. The molecule has 0 aromatic heterocycles. The minimum absolute atomic E-state index is 0.0177. The van der Waals surface area contributed by atoms with Crippen LogP contribution in [-0.2, 0) is 10.0 Å². The molecule has 1 aromatic rings. The maximum Gasteiger partial charge on any atom is 0.337 e. The third kappa shape index (κ3) is 3.48. The Hall–Kier alpha value is -1.62. The Kier molecular flexibility index (Phi) is 5.11. The second-order valence-electron chi connectivity index (χ2n) is 4.26. The molecule has 0 spiro atoms. The zero-order chi connectivity index (χ0) is 15.5. The van der Waals surface area contributed by atoms with Gasteiger partial charge in [0.15, 0.2) is 0 Å². The zero-order valence-electron chi connectivity index (χ0n) is 10.9. The second-order valence-corrected chi connectivity index (χ2v) is 6.71. The maximum absolute atomic E-state index is 12.3. The Labute approximate surface area is 122 Å². The topological polar surface area (TPSA) is 98.5 Å². The van der Waals surface area contributed by atoms with Gasteiger partial charge in [-0.1, -0.05) is 11.6 Å². The van der Waals surface area contributed by atoms with E-state index in [-0.39, 0.29) is 22.0 Å². The molecule has 1 atom stereocenters. The van der Waals surface area contributed by atoms with Gasteiger partial charge in [-0.25, -0.2) is 13.2 Å². The standard InChI is InChI=1S/C12H13ClN2O4S/c1-8(6-14)7-15(2)20(18,19)9-3-4-11(13)10(5-9)12(16)17/h3-5,8H,7H2,1-2H3,(H,16,17). The van der Waals surface area contributed by atoms with Crippen molar-refractivity contribution in [1.29, 1.82) is 5.26 Å². The molecular formula is C12H13ClN2O4S. The van der Waals surface area contributed by atoms with Gasteiger partial charge in [-0.05, 0) is 25.1 Å². The van der Waals surface area contributed by atoms with Crippen molar-refractivity contribution in [1.82, 2.24) is 4.31 Å². The summed E-state index contributed by atoms with van der Waals surface area (Å²) in [5, 5.41) is 17.6. The third-order valence-corrected chi connectivity index (χ3v) is 4.78. The fourth-order valence-corrected chi connectivity index (χ4v) is 3.02. The first-order chi connectivity index (χ1) is 9.20. The van der Waals surface area contributed by atoms with E-state index in [1.807, 2.05) is 6.07 Å². The highest BCUT2D eigenvalue weighted by atomic mass is 35.5. The van der Waals surface area contributed by atoms with Crippen LogP contribution in [0.4, 0.5) is 0 Å². The normalized spacial score (nSPS) is 12.9. The number of sulfonamides is 1. The minimum atomic E-state index is -3.86. The predicted octanol–water partition coefficient (Wildman–Crippen LogP) is 1.82. The first kappa shape index (κ1) is 16.4. The summed E-state index contributed by atoms with van der Waals surface area (Å²) < 4.78 is 25.5. The van der Waals surface area contributed by atoms with Crippen molar-refractivity contribution in [2.24, 2.45) is 5.92 Å². The summed E-state index contributed by atoms with van der Waals surface area (Å²) in [6, 6.07) is 5.40. The van der Waals surface area contributed by atoms with Gasteiger partial charge in [-0.15, -0.1) is 0 Å². The maximum atomic E-state index is 12.3. The highest BCUT2D eigenvalue weighted by molar-refractivity contribution is 7.89. The lowest BCUT2D eigenvalue weighted by Gasteiger charge is -2.18. The molecular weight excluding hydrogens is 304 g/mol. The molecule has 0 saturated carbocycles. The average molecular weight is 317 g/mol. The summed E-state index contributed by atoms with van der Waals surface area (Å²) in [5.74, 6) is -1.78. The van der Waals surface area contributed by atoms with Crippen LogP contribution in [0.15, 0.2) is 23.1 Å². The molecule has 8 heteroatoms. The predicted molar refractivity (Wildman–Crippen MR) is 73.0 cm³/mol. The van der Waals surface area contributed by atoms with E-state index in [2.05, 4.69) is 0 Å². The minimum Gasteiger partial charge on any atom is -0.478 e. The monoisotopic (exact) mass is 316 g/mol. The summed E-state index contributed by atoms with van der Waals surface area (Å²) in [6.07, 6.45) is 0. The van der Waals surface area contributed by atoms with E-state index < -0.39 is 21.9 Å². The van der Waals surface area contributed by atoms with E-state index in [0.29, 0.717) is 0 Å². The van der Waals surface area contributed by atoms with Gasteiger partial charge in [0.25, 0.3) is 0 Å². The summed E-state index contributed by atoms with van der Waals surface area (Å²) in [4.78, 5) is 10.8. The smallest absolute Gasteiger partial charge is 0.337 e. The number of carboxylic acid groups (broad SMARTS) is 1. The lowest BCUT2D eigenvalue weighted by atomic mass is 10.2. The number of nitriles is 1. The van der Waals surface area contributed by atoms with Gasteiger partial charge in [-0.2, -0.15) is 9.57 Å². The number of carboxylic acids is 1. The number of benzene rings is 1. The van der Waals surface area contributed by atoms with Crippen LogP contribution in [0.1, 0.15) is 17.3 Å². The summed E-state index contributed by atoms with van der Waals surface area (Å²) >= 11 is 5.70. The number of rotatable bonds is 5. The van der Waals surface area contributed by atoms with E-state index in [1.54, 1.807) is 6.92 Å². The van der Waals surface area contributed by atoms with Crippen molar-refractivity contribution in [2.45, 2.75) is 11.8 Å². The molecule has 0 radical (unpaired) electrons. The number of hydrogen-bond acceptors (Lipinski definition) is 4. The van der Waals surface area contributed by atoms with Crippen molar-refractivity contribution in [3.63, 3.8) is 0 Å². The fourth-order valence-electron chi connectivity index (χ4n) is 1.53. The SMILES string of the molecule is CC(C#N)CN(C)S(=O)(=O)c1ccc(Cl)c(C(=O)O)c1. The van der Waals surface area contributed by atoms with Gasteiger partial charge >= 0.3 is 5.97 Å². The summed E-state index contributed by atoms with van der Waals surface area (Å²) in [7, 11) is -2.53. The number of nitrogens with zero attached hydrogens (tertiary/aromatic N) is 2. The second kappa shape index (κ2) is 6.22. The Morgan fingerprint density at radius 1 is 1.55 bits per heavy atom. The number of hydrogen-bond donors (Lipinski definition) is 1. The van der Waals surface area contributed by atoms with E-state index >= 15 is 0 Å². The Morgan fingerprint density at radius 2 is 2.15 bits per heavy atom. The average Bonchev–Trinajstić information content (AvgIpc) is 2.38. The van der Waals surface area contributed by atoms with Crippen molar-refractivity contribution < 1.29 is 18.3 Å². The molecule has 6 nitrogen and oxygen atoms in total. The third-order valence-electron chi connectivity index (χ3n) is 2.63. The number of aromatic carboxylic acids is 1. The van der Waals surface area contributed by atoms with Crippen LogP contribution in [0.3, 0.4) is 0 Å². The molecule has 0 aliphatic heterocycles. The van der Waals surface area contributed by atoms with Crippen molar-refractivity contribution >= 4 is 27.6 Å². The molecule has 20 heavy (non-hydrogen) atoms. The van der Waals surface area contributed by atoms with Gasteiger partial charge < -0.3 is 5.11 Å². The fraction of sp³-hybridized carbons (Fsp3) is 0.333. The van der Waals surface area contributed by atoms with Crippen molar-refractivity contribution in [3.05, 3.63) is 28.8 Å². The van der Waals surface area contributed by atoms with Crippen LogP contribution in [0, 0.1) is 17.2 Å². The summed E-state index contributed by atoms with van der Waals surface area (Å²) in [6.45, 7) is 1.61. The van der Waals surface area contributed by atoms with E-state index in [4.69, 9.17) is 22.0 Å². The van der Waals surface area contributed by atoms with Crippen molar-refractivity contribution in [3.8, 4) is 6.07 Å². The molecule has 0 bridgehead atoms. The summed E-state index contributed by atoms with van der Waals surface area (Å²) in [5.41, 5.74) is -0.283. The molecule has 108 valence electrons. The molecule has 1 aromatic carbocycles. The Morgan fingerprint density at radius 3 is 2.65 bits per heavy atom. The van der Waals surface area contributed by atoms with E-state index in [1.165, 1.54) is 19.2 Å². The molecule has 0 heterocycles. The first-order valence-electron chi connectivity index (χ1n) is 5.59. The first-order valence-corrected chi connectivity index (χ1v) is 7.40. The van der Waals surface area contributed by atoms with Gasteiger partial charge in [0, 0.05) is 13.6 Å². The van der Waals surface area contributed by atoms with Crippen LogP contribution < -0.4 is 0 Å². The molecule has 1 N–H and O–H groups in total. The van der Waals surface area contributed by atoms with E-state index in [9.17, 15) is 13.2 Å². The van der Waals surface area contributed by atoms with Crippen molar-refractivity contribution in [2.75, 3.05) is 13.6 Å². The van der Waals surface area contributed by atoms with Gasteiger partial charge in [0.05, 0.1) is 27.5 Å². The van der Waals surface area contributed by atoms with Crippen LogP contribution >= 0.6 is 11.6 Å². The molecule has 1 unspecified atom stereocenters. The van der Waals surface area contributed by atoms with Gasteiger partial charge in [-0.3, -0.25) is 0 Å². The zero-order valence-corrected chi connectivity index (χ0v) is 12.4. The van der Waals surface area contributed by atoms with Gasteiger partial charge in [0.1, 0.15) is 0 Å². The van der Waals surface area contributed by atoms with Crippen LogP contribution in [0.5, 0.6) is 0 Å². The highest BCUT2D eigenvalue weighted by Crippen LogP contribution is 2.22. The Bertz CT molecular complexity index is 667. The molecule has 0 aliphatic rings.